The fourth-order valence-corrected chi connectivity index (χ4v) is 4.10. The monoisotopic (exact) mass is 441 g/mol. The lowest BCUT2D eigenvalue weighted by Crippen LogP contribution is -2.33. The Balaban J connectivity index is 2.10. The minimum Gasteiger partial charge on any atom is -0.506 e. The van der Waals surface area contributed by atoms with Crippen LogP contribution in [-0.4, -0.2) is 49.3 Å². The van der Waals surface area contributed by atoms with Crippen molar-refractivity contribution in [3.05, 3.63) is 53.6 Å². The normalized spacial score (nSPS) is 11.4. The van der Waals surface area contributed by atoms with Crippen LogP contribution in [0.4, 0.5) is 14.5 Å². The summed E-state index contributed by atoms with van der Waals surface area (Å²) in [4.78, 5) is 23.9. The predicted molar refractivity (Wildman–Crippen MR) is 106 cm³/mol. The number of rotatable bonds is 8. The van der Waals surface area contributed by atoms with E-state index in [1.54, 1.807) is 13.8 Å². The first-order valence-electron chi connectivity index (χ1n) is 8.96. The van der Waals surface area contributed by atoms with Gasteiger partial charge in [-0.15, -0.1) is 0 Å². The van der Waals surface area contributed by atoms with E-state index in [1.807, 2.05) is 0 Å². The van der Waals surface area contributed by atoms with Crippen LogP contribution in [0.5, 0.6) is 5.75 Å². The molecule has 11 heteroatoms. The number of halogens is 2. The molecule has 2 aromatic carbocycles. The lowest BCUT2D eigenvalue weighted by Gasteiger charge is -2.19. The number of nitrogens with zero attached hydrogens (tertiary/aromatic N) is 1. The summed E-state index contributed by atoms with van der Waals surface area (Å²) in [6, 6.07) is 5.80. The van der Waals surface area contributed by atoms with Crippen molar-refractivity contribution in [1.29, 1.82) is 0 Å². The molecule has 2 aromatic rings. The van der Waals surface area contributed by atoms with Gasteiger partial charge in [0.15, 0.2) is 0 Å². The zero-order chi connectivity index (χ0) is 22.5. The Morgan fingerprint density at radius 3 is 2.33 bits per heavy atom. The van der Waals surface area contributed by atoms with Gasteiger partial charge in [0.25, 0.3) is 5.91 Å². The van der Waals surface area contributed by atoms with Gasteiger partial charge in [-0.1, -0.05) is 13.8 Å². The Morgan fingerprint density at radius 1 is 1.07 bits per heavy atom. The summed E-state index contributed by atoms with van der Waals surface area (Å²) >= 11 is 0. The topological polar surface area (TPSA) is 116 Å². The molecule has 0 heterocycles. The SMILES string of the molecule is CCN(CC)S(=O)(=O)c1ccc(O)c(NC(=O)CNC(=O)c2ccc(F)cc2F)c1. The van der Waals surface area contributed by atoms with Gasteiger partial charge >= 0.3 is 0 Å². The zero-order valence-electron chi connectivity index (χ0n) is 16.3. The largest absolute Gasteiger partial charge is 0.506 e. The third kappa shape index (κ3) is 5.30. The molecule has 0 spiro atoms. The maximum absolute atomic E-state index is 13.6. The number of anilines is 1. The van der Waals surface area contributed by atoms with Gasteiger partial charge in [0.05, 0.1) is 22.7 Å². The molecule has 0 aliphatic carbocycles. The van der Waals surface area contributed by atoms with Crippen molar-refractivity contribution in [2.45, 2.75) is 18.7 Å². The van der Waals surface area contributed by atoms with Gasteiger partial charge in [-0.05, 0) is 30.3 Å². The molecule has 0 aromatic heterocycles. The lowest BCUT2D eigenvalue weighted by molar-refractivity contribution is -0.115. The van der Waals surface area contributed by atoms with Crippen LogP contribution in [0.3, 0.4) is 0 Å². The summed E-state index contributed by atoms with van der Waals surface area (Å²) in [5.74, 6) is -4.04. The standard InChI is InChI=1S/C19H21F2N3O5S/c1-3-24(4-2)30(28,29)13-6-8-17(25)16(10-13)23-18(26)11-22-19(27)14-7-5-12(20)9-15(14)21/h5-10,25H,3-4,11H2,1-2H3,(H,22,27)(H,23,26). The smallest absolute Gasteiger partial charge is 0.254 e. The average molecular weight is 441 g/mol. The van der Waals surface area contributed by atoms with Gasteiger partial charge in [-0.25, -0.2) is 17.2 Å². The molecule has 0 aliphatic rings. The lowest BCUT2D eigenvalue weighted by atomic mass is 10.2. The molecule has 30 heavy (non-hydrogen) atoms. The molecule has 0 atom stereocenters. The van der Waals surface area contributed by atoms with Gasteiger partial charge < -0.3 is 15.7 Å². The summed E-state index contributed by atoms with van der Waals surface area (Å²) in [5, 5.41) is 14.4. The Bertz CT molecular complexity index is 1060. The van der Waals surface area contributed by atoms with E-state index in [2.05, 4.69) is 10.6 Å². The Labute approximate surface area is 172 Å². The number of benzene rings is 2. The van der Waals surface area contributed by atoms with E-state index in [0.717, 1.165) is 24.3 Å². The Kier molecular flexibility index (Phi) is 7.46. The van der Waals surface area contributed by atoms with Crippen molar-refractivity contribution in [1.82, 2.24) is 9.62 Å². The summed E-state index contributed by atoms with van der Waals surface area (Å²) in [6.07, 6.45) is 0. The van der Waals surface area contributed by atoms with Crippen LogP contribution in [0.25, 0.3) is 0 Å². The van der Waals surface area contributed by atoms with E-state index >= 15 is 0 Å². The summed E-state index contributed by atoms with van der Waals surface area (Å²) in [5.41, 5.74) is -0.616. The van der Waals surface area contributed by atoms with E-state index in [-0.39, 0.29) is 29.4 Å². The third-order valence-electron chi connectivity index (χ3n) is 4.17. The van der Waals surface area contributed by atoms with Crippen molar-refractivity contribution < 1.29 is 31.9 Å². The number of carbonyl (C=O) groups is 2. The molecule has 0 saturated carbocycles. The van der Waals surface area contributed by atoms with Crippen molar-refractivity contribution in [2.75, 3.05) is 25.0 Å². The first-order valence-corrected chi connectivity index (χ1v) is 10.4. The Morgan fingerprint density at radius 2 is 1.73 bits per heavy atom. The maximum Gasteiger partial charge on any atom is 0.254 e. The highest BCUT2D eigenvalue weighted by Crippen LogP contribution is 2.28. The fraction of sp³-hybridized carbons (Fsp3) is 0.263. The molecular weight excluding hydrogens is 420 g/mol. The van der Waals surface area contributed by atoms with Crippen molar-refractivity contribution in [3.8, 4) is 5.75 Å². The quantitative estimate of drug-likeness (QED) is 0.543. The van der Waals surface area contributed by atoms with E-state index in [4.69, 9.17) is 0 Å². The van der Waals surface area contributed by atoms with Gasteiger partial charge in [0, 0.05) is 19.2 Å². The highest BCUT2D eigenvalue weighted by Gasteiger charge is 2.23. The van der Waals surface area contributed by atoms with Crippen LogP contribution >= 0.6 is 0 Å². The second-order valence-electron chi connectivity index (χ2n) is 6.12. The predicted octanol–water partition coefficient (Wildman–Crippen LogP) is 2.07. The van der Waals surface area contributed by atoms with Gasteiger partial charge in [-0.3, -0.25) is 9.59 Å². The number of hydrogen-bond acceptors (Lipinski definition) is 5. The van der Waals surface area contributed by atoms with Crippen LogP contribution in [0.1, 0.15) is 24.2 Å². The highest BCUT2D eigenvalue weighted by atomic mass is 32.2. The van der Waals surface area contributed by atoms with Crippen LogP contribution < -0.4 is 10.6 Å². The number of carbonyl (C=O) groups excluding carboxylic acids is 2. The van der Waals surface area contributed by atoms with E-state index < -0.39 is 45.6 Å². The van der Waals surface area contributed by atoms with E-state index in [9.17, 15) is 31.9 Å². The number of aromatic hydroxyl groups is 1. The second kappa shape index (κ2) is 9.63. The minimum absolute atomic E-state index is 0.128. The molecule has 8 nitrogen and oxygen atoms in total. The van der Waals surface area contributed by atoms with Crippen molar-refractivity contribution >= 4 is 27.5 Å². The van der Waals surface area contributed by atoms with Gasteiger partial charge in [0.1, 0.15) is 17.4 Å². The highest BCUT2D eigenvalue weighted by molar-refractivity contribution is 7.89. The minimum atomic E-state index is -3.82. The van der Waals surface area contributed by atoms with Crippen LogP contribution in [-0.2, 0) is 14.8 Å². The molecule has 2 amide bonds. The first kappa shape index (κ1) is 23.2. The molecule has 2 rings (SSSR count). The number of amides is 2. The maximum atomic E-state index is 13.6. The van der Waals surface area contributed by atoms with Crippen LogP contribution in [0, 0.1) is 11.6 Å². The van der Waals surface area contributed by atoms with Crippen molar-refractivity contribution in [2.24, 2.45) is 0 Å². The first-order chi connectivity index (χ1) is 14.1. The summed E-state index contributed by atoms with van der Waals surface area (Å²) in [7, 11) is -3.82. The summed E-state index contributed by atoms with van der Waals surface area (Å²) in [6.45, 7) is 3.25. The van der Waals surface area contributed by atoms with Gasteiger partial charge in [0.2, 0.25) is 15.9 Å². The number of phenolic OH excluding ortho intramolecular Hbond substituents is 1. The van der Waals surface area contributed by atoms with E-state index in [1.165, 1.54) is 10.4 Å². The van der Waals surface area contributed by atoms with Crippen molar-refractivity contribution in [3.63, 3.8) is 0 Å². The molecule has 0 fully saturated rings. The zero-order valence-corrected chi connectivity index (χ0v) is 17.1. The molecule has 0 radical (unpaired) electrons. The molecular formula is C19H21F2N3O5S. The second-order valence-corrected chi connectivity index (χ2v) is 8.06. The number of hydrogen-bond donors (Lipinski definition) is 3. The fourth-order valence-electron chi connectivity index (χ4n) is 2.61. The molecule has 162 valence electrons. The number of phenols is 1. The average Bonchev–Trinajstić information content (AvgIpc) is 2.68. The molecule has 0 unspecified atom stereocenters. The number of nitrogens with one attached hydrogen (secondary N) is 2. The molecule has 0 saturated heterocycles. The third-order valence-corrected chi connectivity index (χ3v) is 6.22. The Hall–Kier alpha value is -3.05. The van der Waals surface area contributed by atoms with Gasteiger partial charge in [-0.2, -0.15) is 4.31 Å². The number of sulfonamides is 1. The van der Waals surface area contributed by atoms with Crippen LogP contribution in [0.2, 0.25) is 0 Å². The summed E-state index contributed by atoms with van der Waals surface area (Å²) < 4.78 is 52.9. The van der Waals surface area contributed by atoms with Crippen LogP contribution in [0.15, 0.2) is 41.3 Å². The molecule has 0 aliphatic heterocycles. The molecule has 0 bridgehead atoms. The van der Waals surface area contributed by atoms with E-state index in [0.29, 0.717) is 6.07 Å². The molecule has 3 N–H and O–H groups in total.